The van der Waals surface area contributed by atoms with Crippen LogP contribution in [0.25, 0.3) is 5.69 Å². The van der Waals surface area contributed by atoms with Crippen LogP contribution in [0.2, 0.25) is 0 Å². The van der Waals surface area contributed by atoms with Crippen LogP contribution in [0, 0.1) is 12.8 Å². The van der Waals surface area contributed by atoms with Crippen molar-refractivity contribution in [1.82, 2.24) is 9.78 Å². The molecule has 2 amide bonds. The van der Waals surface area contributed by atoms with Gasteiger partial charge in [-0.2, -0.15) is 18.3 Å². The number of nitrogens with one attached hydrogen (secondary N) is 2. The molecule has 156 valence electrons. The topological polar surface area (TPSA) is 76.0 Å². The minimum Gasteiger partial charge on any atom is -0.317 e. The molecule has 4 rings (SSSR count). The number of carbonyl (C=O) groups excluding carboxylic acids is 2. The maximum atomic E-state index is 13.0. The molecule has 0 unspecified atom stereocenters. The van der Waals surface area contributed by atoms with Crippen molar-refractivity contribution in [2.75, 3.05) is 10.6 Å². The third-order valence-electron chi connectivity index (χ3n) is 4.52. The molecule has 1 fully saturated rings. The second-order valence-electron chi connectivity index (χ2n) is 7.01. The number of alkyl halides is 3. The van der Waals surface area contributed by atoms with Crippen molar-refractivity contribution in [3.63, 3.8) is 0 Å². The summed E-state index contributed by atoms with van der Waals surface area (Å²) in [5.41, 5.74) is -0.0946. The van der Waals surface area contributed by atoms with Crippen LogP contribution in [0.3, 0.4) is 0 Å². The lowest BCUT2D eigenvalue weighted by atomic mass is 10.2. The Morgan fingerprint density at radius 3 is 2.60 bits per heavy atom. The first-order chi connectivity index (χ1) is 14.2. The van der Waals surface area contributed by atoms with Crippen LogP contribution < -0.4 is 10.6 Å². The lowest BCUT2D eigenvalue weighted by Gasteiger charge is -2.11. The third kappa shape index (κ3) is 4.38. The summed E-state index contributed by atoms with van der Waals surface area (Å²) in [7, 11) is 0. The first-order valence-electron chi connectivity index (χ1n) is 9.17. The smallest absolute Gasteiger partial charge is 0.317 e. The van der Waals surface area contributed by atoms with E-state index in [0.717, 1.165) is 36.3 Å². The Morgan fingerprint density at radius 2 is 1.90 bits per heavy atom. The fourth-order valence-electron chi connectivity index (χ4n) is 2.87. The van der Waals surface area contributed by atoms with Crippen molar-refractivity contribution >= 4 is 34.0 Å². The molecular weight excluding hydrogens is 417 g/mol. The highest BCUT2D eigenvalue weighted by Gasteiger charge is 2.31. The fraction of sp³-hybridized carbons (Fsp3) is 0.250. The average molecular weight is 434 g/mol. The van der Waals surface area contributed by atoms with Gasteiger partial charge in [0.05, 0.1) is 26.8 Å². The number of anilines is 2. The number of amides is 2. The normalized spacial score (nSPS) is 13.9. The number of aryl methyl sites for hydroxylation is 1. The Bertz CT molecular complexity index is 1120. The predicted octanol–water partition coefficient (Wildman–Crippen LogP) is 4.86. The zero-order valence-corrected chi connectivity index (χ0v) is 16.6. The number of rotatable bonds is 5. The van der Waals surface area contributed by atoms with Gasteiger partial charge in [0, 0.05) is 12.0 Å². The van der Waals surface area contributed by atoms with Crippen molar-refractivity contribution in [1.29, 1.82) is 0 Å². The summed E-state index contributed by atoms with van der Waals surface area (Å²) in [4.78, 5) is 24.9. The Labute approximate surface area is 173 Å². The number of hydrogen-bond donors (Lipinski definition) is 2. The minimum atomic E-state index is -4.49. The first kappa shape index (κ1) is 20.1. The van der Waals surface area contributed by atoms with Gasteiger partial charge in [-0.1, -0.05) is 6.07 Å². The molecule has 3 aromatic rings. The molecule has 1 aliphatic rings. The van der Waals surface area contributed by atoms with Gasteiger partial charge in [0.1, 0.15) is 5.82 Å². The molecule has 0 atom stereocenters. The lowest BCUT2D eigenvalue weighted by Crippen LogP contribution is -2.14. The molecule has 30 heavy (non-hydrogen) atoms. The van der Waals surface area contributed by atoms with E-state index in [-0.39, 0.29) is 23.3 Å². The van der Waals surface area contributed by atoms with E-state index in [9.17, 15) is 22.8 Å². The average Bonchev–Trinajstić information content (AvgIpc) is 3.34. The monoisotopic (exact) mass is 434 g/mol. The Morgan fingerprint density at radius 1 is 1.13 bits per heavy atom. The van der Waals surface area contributed by atoms with Crippen molar-refractivity contribution in [2.24, 2.45) is 5.92 Å². The van der Waals surface area contributed by atoms with Crippen molar-refractivity contribution in [3.05, 3.63) is 58.6 Å². The van der Waals surface area contributed by atoms with Crippen molar-refractivity contribution in [2.45, 2.75) is 25.9 Å². The van der Waals surface area contributed by atoms with E-state index in [4.69, 9.17) is 0 Å². The van der Waals surface area contributed by atoms with Crippen LogP contribution in [-0.2, 0) is 11.0 Å². The molecule has 2 N–H and O–H groups in total. The molecular formula is C20H17F3N4O2S. The van der Waals surface area contributed by atoms with E-state index in [0.29, 0.717) is 15.6 Å². The summed E-state index contributed by atoms with van der Waals surface area (Å²) < 4.78 is 40.4. The lowest BCUT2D eigenvalue weighted by molar-refractivity contribution is -0.137. The van der Waals surface area contributed by atoms with Crippen LogP contribution in [-0.4, -0.2) is 21.6 Å². The van der Waals surface area contributed by atoms with Gasteiger partial charge in [0.15, 0.2) is 0 Å². The fourth-order valence-corrected chi connectivity index (χ4v) is 3.68. The molecule has 0 saturated heterocycles. The third-order valence-corrected chi connectivity index (χ3v) is 5.51. The standard InChI is InChI=1S/C20H17F3N4O2S/c1-11-9-16(27(26-11)14-4-2-3-13(10-14)20(21,22)23)24-19(29)15-7-8-17(30-15)25-18(28)12-5-6-12/h2-4,7-10,12H,5-6H2,1H3,(H,24,29)(H,25,28). The predicted molar refractivity (Wildman–Crippen MR) is 107 cm³/mol. The van der Waals surface area contributed by atoms with Crippen LogP contribution >= 0.6 is 11.3 Å². The molecule has 0 bridgehead atoms. The number of benzene rings is 1. The molecule has 1 aliphatic carbocycles. The number of thiophene rings is 1. The molecule has 2 heterocycles. The van der Waals surface area contributed by atoms with E-state index in [1.165, 1.54) is 16.8 Å². The number of hydrogen-bond acceptors (Lipinski definition) is 4. The summed E-state index contributed by atoms with van der Waals surface area (Å²) in [5.74, 6) is -0.204. The SMILES string of the molecule is Cc1cc(NC(=O)c2ccc(NC(=O)C3CC3)s2)n(-c2cccc(C(F)(F)F)c2)n1. The summed E-state index contributed by atoms with van der Waals surface area (Å²) in [5, 5.41) is 10.2. The number of nitrogens with zero attached hydrogens (tertiary/aromatic N) is 2. The van der Waals surface area contributed by atoms with Crippen LogP contribution in [0.15, 0.2) is 42.5 Å². The molecule has 6 nitrogen and oxygen atoms in total. The van der Waals surface area contributed by atoms with Gasteiger partial charge in [-0.15, -0.1) is 11.3 Å². The van der Waals surface area contributed by atoms with Gasteiger partial charge in [0.2, 0.25) is 5.91 Å². The summed E-state index contributed by atoms with van der Waals surface area (Å²) >= 11 is 1.13. The molecule has 10 heteroatoms. The van der Waals surface area contributed by atoms with E-state index < -0.39 is 17.6 Å². The first-order valence-corrected chi connectivity index (χ1v) is 9.99. The molecule has 0 spiro atoms. The second kappa shape index (κ2) is 7.60. The zero-order chi connectivity index (χ0) is 21.5. The van der Waals surface area contributed by atoms with Crippen molar-refractivity contribution in [3.8, 4) is 5.69 Å². The molecule has 1 aromatic carbocycles. The van der Waals surface area contributed by atoms with E-state index in [1.54, 1.807) is 25.1 Å². The van der Waals surface area contributed by atoms with E-state index in [2.05, 4.69) is 15.7 Å². The quantitative estimate of drug-likeness (QED) is 0.602. The second-order valence-corrected chi connectivity index (χ2v) is 8.10. The number of aromatic nitrogens is 2. The zero-order valence-electron chi connectivity index (χ0n) is 15.8. The van der Waals surface area contributed by atoms with Crippen LogP contribution in [0.5, 0.6) is 0 Å². The minimum absolute atomic E-state index is 0.0502. The van der Waals surface area contributed by atoms with E-state index in [1.807, 2.05) is 0 Å². The van der Waals surface area contributed by atoms with Crippen LogP contribution in [0.1, 0.15) is 33.8 Å². The van der Waals surface area contributed by atoms with Gasteiger partial charge in [0.25, 0.3) is 5.91 Å². The Kier molecular flexibility index (Phi) is 5.10. The van der Waals surface area contributed by atoms with Gasteiger partial charge in [-0.25, -0.2) is 4.68 Å². The van der Waals surface area contributed by atoms with E-state index >= 15 is 0 Å². The maximum Gasteiger partial charge on any atom is 0.416 e. The molecule has 2 aromatic heterocycles. The maximum absolute atomic E-state index is 13.0. The highest BCUT2D eigenvalue weighted by molar-refractivity contribution is 7.18. The largest absolute Gasteiger partial charge is 0.416 e. The molecule has 0 aliphatic heterocycles. The van der Waals surface area contributed by atoms with Crippen LogP contribution in [0.4, 0.5) is 24.0 Å². The number of carbonyl (C=O) groups is 2. The van der Waals surface area contributed by atoms with Gasteiger partial charge in [-0.05, 0) is 50.1 Å². The van der Waals surface area contributed by atoms with Crippen molar-refractivity contribution < 1.29 is 22.8 Å². The van der Waals surface area contributed by atoms with Gasteiger partial charge in [-0.3, -0.25) is 9.59 Å². The van der Waals surface area contributed by atoms with Gasteiger partial charge >= 0.3 is 6.18 Å². The summed E-state index contributed by atoms with van der Waals surface area (Å²) in [6.07, 6.45) is -2.73. The molecule has 1 saturated carbocycles. The Hall–Kier alpha value is -3.14. The Balaban J connectivity index is 1.54. The van der Waals surface area contributed by atoms with Gasteiger partial charge < -0.3 is 10.6 Å². The highest BCUT2D eigenvalue weighted by atomic mass is 32.1. The summed E-state index contributed by atoms with van der Waals surface area (Å²) in [6.45, 7) is 1.68. The summed E-state index contributed by atoms with van der Waals surface area (Å²) in [6, 6.07) is 9.51. The molecule has 0 radical (unpaired) electrons. The highest BCUT2D eigenvalue weighted by Crippen LogP contribution is 2.33. The number of halogens is 3.